The Morgan fingerprint density at radius 1 is 1.19 bits per heavy atom. The summed E-state index contributed by atoms with van der Waals surface area (Å²) < 4.78 is 5.22. The number of hydrogen-bond donors (Lipinski definition) is 1. The van der Waals surface area contributed by atoms with Gasteiger partial charge in [0.2, 0.25) is 0 Å². The summed E-state index contributed by atoms with van der Waals surface area (Å²) in [6.45, 7) is 6.53. The van der Waals surface area contributed by atoms with Crippen molar-refractivity contribution in [1.82, 2.24) is 0 Å². The Bertz CT molecular complexity index is 473. The second kappa shape index (κ2) is 7.36. The van der Waals surface area contributed by atoms with Crippen LogP contribution in [0.1, 0.15) is 33.3 Å². The van der Waals surface area contributed by atoms with Crippen molar-refractivity contribution in [2.24, 2.45) is 11.8 Å². The molecule has 1 aromatic carbocycles. The van der Waals surface area contributed by atoms with E-state index in [2.05, 4.69) is 0 Å². The van der Waals surface area contributed by atoms with E-state index < -0.39 is 23.4 Å². The topological polar surface area (TPSA) is 63.6 Å². The fourth-order valence-corrected chi connectivity index (χ4v) is 2.01. The summed E-state index contributed by atoms with van der Waals surface area (Å²) in [5.74, 6) is -2.28. The zero-order valence-corrected chi connectivity index (χ0v) is 13.1. The largest absolute Gasteiger partial charge is 0.459 e. The molecule has 0 heterocycles. The smallest absolute Gasteiger partial charge is 0.316 e. The van der Waals surface area contributed by atoms with E-state index in [1.807, 2.05) is 30.3 Å². The van der Waals surface area contributed by atoms with E-state index in [-0.39, 0.29) is 12.4 Å². The summed E-state index contributed by atoms with van der Waals surface area (Å²) in [5.41, 5.74) is 0.334. The second-order valence-electron chi connectivity index (χ2n) is 6.23. The van der Waals surface area contributed by atoms with Gasteiger partial charge in [-0.25, -0.2) is 0 Å². The zero-order valence-electron chi connectivity index (χ0n) is 13.1. The number of ether oxygens (including phenoxy) is 1. The second-order valence-corrected chi connectivity index (χ2v) is 6.23. The minimum absolute atomic E-state index is 0.277. The molecular weight excluding hydrogens is 268 g/mol. The molecule has 0 aromatic heterocycles. The van der Waals surface area contributed by atoms with Crippen LogP contribution in [0.2, 0.25) is 0 Å². The quantitative estimate of drug-likeness (QED) is 0.646. The van der Waals surface area contributed by atoms with Crippen molar-refractivity contribution in [3.05, 3.63) is 35.9 Å². The Labute approximate surface area is 126 Å². The monoisotopic (exact) mass is 292 g/mol. The van der Waals surface area contributed by atoms with Gasteiger partial charge in [0.25, 0.3) is 0 Å². The normalized spacial score (nSPS) is 14.3. The third-order valence-electron chi connectivity index (χ3n) is 3.13. The maximum Gasteiger partial charge on any atom is 0.316 e. The molecule has 4 nitrogen and oxygen atoms in total. The SMILES string of the molecule is C[C@H](C(=O)OC(C)(C)C)C(=O)[C@H](CO)Cc1ccccc1. The van der Waals surface area contributed by atoms with Gasteiger partial charge >= 0.3 is 5.97 Å². The summed E-state index contributed by atoms with van der Waals surface area (Å²) in [7, 11) is 0. The average Bonchev–Trinajstić information content (AvgIpc) is 2.42. The Morgan fingerprint density at radius 3 is 2.24 bits per heavy atom. The molecule has 0 amide bonds. The molecule has 0 aliphatic rings. The van der Waals surface area contributed by atoms with Gasteiger partial charge in [-0.15, -0.1) is 0 Å². The minimum atomic E-state index is -0.870. The van der Waals surface area contributed by atoms with Crippen molar-refractivity contribution >= 4 is 11.8 Å². The zero-order chi connectivity index (χ0) is 16.0. The third-order valence-corrected chi connectivity index (χ3v) is 3.13. The molecule has 1 N–H and O–H groups in total. The summed E-state index contributed by atoms with van der Waals surface area (Å²) in [6.07, 6.45) is 0.420. The Balaban J connectivity index is 2.72. The highest BCUT2D eigenvalue weighted by Crippen LogP contribution is 2.17. The van der Waals surface area contributed by atoms with Crippen LogP contribution in [0, 0.1) is 11.8 Å². The number of carbonyl (C=O) groups excluding carboxylic acids is 2. The van der Waals surface area contributed by atoms with Crippen LogP contribution in [0.15, 0.2) is 30.3 Å². The van der Waals surface area contributed by atoms with E-state index >= 15 is 0 Å². The summed E-state index contributed by atoms with van der Waals surface area (Å²) in [5, 5.41) is 9.45. The fourth-order valence-electron chi connectivity index (χ4n) is 2.01. The summed E-state index contributed by atoms with van der Waals surface area (Å²) in [6, 6.07) is 9.45. The van der Waals surface area contributed by atoms with Crippen LogP contribution < -0.4 is 0 Å². The van der Waals surface area contributed by atoms with Gasteiger partial charge in [-0.2, -0.15) is 0 Å². The Morgan fingerprint density at radius 2 is 1.76 bits per heavy atom. The molecule has 0 saturated carbocycles. The van der Waals surface area contributed by atoms with Crippen LogP contribution in [0.25, 0.3) is 0 Å². The van der Waals surface area contributed by atoms with E-state index in [1.54, 1.807) is 20.8 Å². The number of benzene rings is 1. The number of carbonyl (C=O) groups is 2. The molecule has 21 heavy (non-hydrogen) atoms. The van der Waals surface area contributed by atoms with Crippen LogP contribution in [0.5, 0.6) is 0 Å². The van der Waals surface area contributed by atoms with Gasteiger partial charge in [0, 0.05) is 5.92 Å². The molecule has 0 aliphatic heterocycles. The van der Waals surface area contributed by atoms with Crippen molar-refractivity contribution in [3.63, 3.8) is 0 Å². The first kappa shape index (κ1) is 17.4. The number of esters is 1. The van der Waals surface area contributed by atoms with Crippen molar-refractivity contribution in [1.29, 1.82) is 0 Å². The van der Waals surface area contributed by atoms with E-state index in [0.717, 1.165) is 5.56 Å². The van der Waals surface area contributed by atoms with E-state index in [9.17, 15) is 14.7 Å². The maximum atomic E-state index is 12.3. The fraction of sp³-hybridized carbons (Fsp3) is 0.529. The predicted molar refractivity (Wildman–Crippen MR) is 80.7 cm³/mol. The number of rotatable bonds is 6. The molecule has 0 fully saturated rings. The highest BCUT2D eigenvalue weighted by Gasteiger charge is 2.31. The molecule has 0 aliphatic carbocycles. The number of Topliss-reactive ketones (excluding diaryl/α,β-unsaturated/α-hetero) is 1. The van der Waals surface area contributed by atoms with E-state index in [1.165, 1.54) is 6.92 Å². The van der Waals surface area contributed by atoms with Crippen LogP contribution in [0.4, 0.5) is 0 Å². The first-order valence-corrected chi connectivity index (χ1v) is 7.16. The van der Waals surface area contributed by atoms with Crippen LogP contribution >= 0.6 is 0 Å². The minimum Gasteiger partial charge on any atom is -0.459 e. The number of hydrogen-bond acceptors (Lipinski definition) is 4. The first-order chi connectivity index (χ1) is 9.74. The summed E-state index contributed by atoms with van der Waals surface area (Å²) >= 11 is 0. The standard InChI is InChI=1S/C17H24O4/c1-12(16(20)21-17(2,3)4)15(19)14(11-18)10-13-8-6-5-7-9-13/h5-9,12,14,18H,10-11H2,1-4H3/t12-,14-/m0/s1. The van der Waals surface area contributed by atoms with Crippen molar-refractivity contribution < 1.29 is 19.4 Å². The van der Waals surface area contributed by atoms with E-state index in [4.69, 9.17) is 4.74 Å². The van der Waals surface area contributed by atoms with Gasteiger partial charge in [-0.1, -0.05) is 30.3 Å². The molecular formula is C17H24O4. The molecule has 2 atom stereocenters. The molecule has 0 bridgehead atoms. The third kappa shape index (κ3) is 5.68. The number of aliphatic hydroxyl groups is 1. The van der Waals surface area contributed by atoms with Crippen LogP contribution in [0.3, 0.4) is 0 Å². The number of aliphatic hydroxyl groups excluding tert-OH is 1. The highest BCUT2D eigenvalue weighted by molar-refractivity contribution is 6.00. The lowest BCUT2D eigenvalue weighted by Crippen LogP contribution is -2.35. The van der Waals surface area contributed by atoms with Gasteiger partial charge < -0.3 is 9.84 Å². The van der Waals surface area contributed by atoms with Gasteiger partial charge in [0.1, 0.15) is 11.5 Å². The van der Waals surface area contributed by atoms with Crippen molar-refractivity contribution in [2.45, 2.75) is 39.7 Å². The molecule has 0 spiro atoms. The Hall–Kier alpha value is -1.68. The molecule has 1 rings (SSSR count). The van der Waals surface area contributed by atoms with Crippen LogP contribution in [-0.4, -0.2) is 29.1 Å². The lowest BCUT2D eigenvalue weighted by molar-refractivity contribution is -0.162. The highest BCUT2D eigenvalue weighted by atomic mass is 16.6. The molecule has 116 valence electrons. The lowest BCUT2D eigenvalue weighted by atomic mass is 9.89. The summed E-state index contributed by atoms with van der Waals surface area (Å²) in [4.78, 5) is 24.3. The molecule has 1 aromatic rings. The van der Waals surface area contributed by atoms with Gasteiger partial charge in [0.15, 0.2) is 5.78 Å². The van der Waals surface area contributed by atoms with Gasteiger partial charge in [-0.05, 0) is 39.7 Å². The molecule has 4 heteroatoms. The van der Waals surface area contributed by atoms with Crippen LogP contribution in [-0.2, 0) is 20.7 Å². The Kier molecular flexibility index (Phi) is 6.09. The van der Waals surface area contributed by atoms with E-state index in [0.29, 0.717) is 6.42 Å². The van der Waals surface area contributed by atoms with Gasteiger partial charge in [-0.3, -0.25) is 9.59 Å². The first-order valence-electron chi connectivity index (χ1n) is 7.16. The molecule has 0 saturated heterocycles. The average molecular weight is 292 g/mol. The molecule has 0 unspecified atom stereocenters. The number of ketones is 1. The predicted octanol–water partition coefficient (Wildman–Crippen LogP) is 2.38. The van der Waals surface area contributed by atoms with Gasteiger partial charge in [0.05, 0.1) is 6.61 Å². The lowest BCUT2D eigenvalue weighted by Gasteiger charge is -2.23. The molecule has 0 radical (unpaired) electrons. The van der Waals surface area contributed by atoms with Crippen molar-refractivity contribution in [3.8, 4) is 0 Å². The maximum absolute atomic E-state index is 12.3. The van der Waals surface area contributed by atoms with Crippen molar-refractivity contribution in [2.75, 3.05) is 6.61 Å².